The number of carbonyl (C=O) groups excluding carboxylic acids is 3. The first-order chi connectivity index (χ1) is 22.0. The molecule has 6 fully saturated rings. The van der Waals surface area contributed by atoms with Gasteiger partial charge in [-0.25, -0.2) is 0 Å². The Balaban J connectivity index is 1.10. The van der Waals surface area contributed by atoms with E-state index in [1.54, 1.807) is 25.8 Å². The van der Waals surface area contributed by atoms with Gasteiger partial charge in [0.15, 0.2) is 6.04 Å². The summed E-state index contributed by atoms with van der Waals surface area (Å²) in [6.45, 7) is 5.19. The number of allylic oxidation sites excluding steroid dienone is 1. The number of epoxide rings is 1. The van der Waals surface area contributed by atoms with Crippen LogP contribution in [0.15, 0.2) is 30.3 Å². The van der Waals surface area contributed by atoms with Crippen molar-refractivity contribution in [1.29, 1.82) is 0 Å². The predicted octanol–water partition coefficient (Wildman–Crippen LogP) is 2.41. The summed E-state index contributed by atoms with van der Waals surface area (Å²) in [6, 6.07) is 6.25. The van der Waals surface area contributed by atoms with Crippen LogP contribution >= 0.6 is 0 Å². The molecule has 0 aromatic heterocycles. The van der Waals surface area contributed by atoms with Crippen molar-refractivity contribution in [1.82, 2.24) is 10.4 Å². The molecular formula is C34H44N2O10. The van der Waals surface area contributed by atoms with Crippen LogP contribution in [0.25, 0.3) is 6.08 Å². The van der Waals surface area contributed by atoms with Crippen LogP contribution in [0.5, 0.6) is 0 Å². The molecule has 2 N–H and O–H groups in total. The number of ether oxygens (including phenoxy) is 5. The lowest BCUT2D eigenvalue weighted by Gasteiger charge is -2.49. The highest BCUT2D eigenvalue weighted by Gasteiger charge is 2.74. The number of benzene rings is 1. The van der Waals surface area contributed by atoms with Crippen LogP contribution in [0.3, 0.4) is 0 Å². The summed E-state index contributed by atoms with van der Waals surface area (Å²) in [5, 5.41) is 14.6. The molecule has 0 spiro atoms. The third kappa shape index (κ3) is 6.11. The van der Waals surface area contributed by atoms with Gasteiger partial charge < -0.3 is 34.1 Å². The number of rotatable bonds is 10. The zero-order valence-corrected chi connectivity index (χ0v) is 26.6. The number of hydroxylamine groups is 2. The summed E-state index contributed by atoms with van der Waals surface area (Å²) >= 11 is 0. The van der Waals surface area contributed by atoms with Gasteiger partial charge in [-0.15, -0.1) is 0 Å². The van der Waals surface area contributed by atoms with Gasteiger partial charge in [0.25, 0.3) is 0 Å². The van der Waals surface area contributed by atoms with Gasteiger partial charge in [0.2, 0.25) is 5.91 Å². The molecule has 3 unspecified atom stereocenters. The molecule has 4 heterocycles. The molecule has 2 aliphatic carbocycles. The summed E-state index contributed by atoms with van der Waals surface area (Å²) in [5.74, 6) is -0.942. The zero-order chi connectivity index (χ0) is 32.2. The van der Waals surface area contributed by atoms with E-state index in [9.17, 15) is 19.5 Å². The second-order valence-corrected chi connectivity index (χ2v) is 14.5. The molecule has 1 aromatic carbocycles. The van der Waals surface area contributed by atoms with Gasteiger partial charge in [0.1, 0.15) is 42.2 Å². The highest BCUT2D eigenvalue weighted by Crippen LogP contribution is 2.55. The first-order valence-corrected chi connectivity index (χ1v) is 16.5. The Morgan fingerprint density at radius 2 is 2.00 bits per heavy atom. The predicted molar refractivity (Wildman–Crippen MR) is 161 cm³/mol. The largest absolute Gasteiger partial charge is 0.460 e. The first-order valence-electron chi connectivity index (χ1n) is 16.5. The van der Waals surface area contributed by atoms with Gasteiger partial charge >= 0.3 is 11.9 Å². The molecule has 1 aromatic rings. The molecule has 46 heavy (non-hydrogen) atoms. The van der Waals surface area contributed by atoms with Crippen molar-refractivity contribution in [2.45, 2.75) is 120 Å². The third-order valence-corrected chi connectivity index (χ3v) is 10.1. The highest BCUT2D eigenvalue weighted by atomic mass is 16.8. The second kappa shape index (κ2) is 12.3. The van der Waals surface area contributed by atoms with E-state index in [-0.39, 0.29) is 39.2 Å². The molecule has 0 radical (unpaired) electrons. The lowest BCUT2D eigenvalue weighted by Crippen LogP contribution is -2.70. The van der Waals surface area contributed by atoms with Gasteiger partial charge in [-0.2, -0.15) is 5.06 Å². The minimum Gasteiger partial charge on any atom is -0.460 e. The molecule has 250 valence electrons. The lowest BCUT2D eigenvalue weighted by atomic mass is 9.62. The van der Waals surface area contributed by atoms with Crippen molar-refractivity contribution in [3.05, 3.63) is 41.5 Å². The SMILES string of the molecule is CC(C)(C)OC(=O)CC[C@@H](CO)NC(=O)[C@@]12C[C@H]3OC(=O)[C@@H]1N(Cc1cccc(C=CC4CCC5OC5C4)c1)O[C@@H]2[C@H]1OCO[C@H]13. The summed E-state index contributed by atoms with van der Waals surface area (Å²) < 4.78 is 28.7. The van der Waals surface area contributed by atoms with Gasteiger partial charge in [0.05, 0.1) is 31.4 Å². The normalized spacial score (nSPS) is 36.9. The van der Waals surface area contributed by atoms with E-state index >= 15 is 0 Å². The molecule has 2 bridgehead atoms. The van der Waals surface area contributed by atoms with Crippen LogP contribution in [0.4, 0.5) is 0 Å². The van der Waals surface area contributed by atoms with Gasteiger partial charge in [-0.05, 0) is 63.5 Å². The van der Waals surface area contributed by atoms with Gasteiger partial charge in [-0.1, -0.05) is 36.4 Å². The van der Waals surface area contributed by atoms with Crippen molar-refractivity contribution < 1.29 is 48.0 Å². The Morgan fingerprint density at radius 1 is 1.17 bits per heavy atom. The minimum atomic E-state index is -1.35. The molecule has 12 nitrogen and oxygen atoms in total. The highest BCUT2D eigenvalue weighted by molar-refractivity contribution is 5.93. The minimum absolute atomic E-state index is 0.00364. The third-order valence-electron chi connectivity index (χ3n) is 10.1. The number of aliphatic hydroxyl groups is 1. The van der Waals surface area contributed by atoms with Crippen LogP contribution < -0.4 is 5.32 Å². The molecule has 4 aliphatic heterocycles. The standard InChI is InChI=1S/C34H44N2O10/c1-33(2,3)45-26(38)12-10-22(17-37)35-32(40)34-15-25-27-28(42-18-41-27)30(34)46-36(29(34)31(39)44-25)16-21-6-4-5-19(13-21)7-8-20-9-11-23-24(14-20)43-23/h4-8,13,20,22-25,27-30,37H,9-12,14-18H2,1-3H3,(H,35,40)/t20?,22-,23?,24?,25+,27-,28-,29-,30+,34-/m0/s1. The topological polar surface area (TPSA) is 145 Å². The molecule has 2 saturated carbocycles. The van der Waals surface area contributed by atoms with Gasteiger partial charge in [-0.3, -0.25) is 19.2 Å². The number of amides is 1. The fraction of sp³-hybridized carbons (Fsp3) is 0.676. The Kier molecular flexibility index (Phi) is 8.48. The van der Waals surface area contributed by atoms with Crippen molar-refractivity contribution in [2.24, 2.45) is 11.3 Å². The number of hydrogen-bond acceptors (Lipinski definition) is 11. The maximum absolute atomic E-state index is 14.3. The molecule has 4 saturated heterocycles. The molecule has 1 amide bonds. The number of carbonyl (C=O) groups is 3. The Morgan fingerprint density at radius 3 is 2.78 bits per heavy atom. The van der Waals surface area contributed by atoms with Crippen LogP contribution in [-0.4, -0.2) is 95.7 Å². The number of nitrogens with zero attached hydrogens (tertiary/aromatic N) is 1. The Bertz CT molecular complexity index is 1380. The second-order valence-electron chi connectivity index (χ2n) is 14.5. The van der Waals surface area contributed by atoms with Crippen LogP contribution in [0.2, 0.25) is 0 Å². The van der Waals surface area contributed by atoms with E-state index in [1.807, 2.05) is 18.2 Å². The van der Waals surface area contributed by atoms with Crippen molar-refractivity contribution >= 4 is 23.9 Å². The molecule has 6 aliphatic rings. The van der Waals surface area contributed by atoms with Crippen molar-refractivity contribution in [3.63, 3.8) is 0 Å². The first kappa shape index (κ1) is 31.7. The molecule has 7 rings (SSSR count). The van der Waals surface area contributed by atoms with E-state index in [2.05, 4.69) is 23.5 Å². The summed E-state index contributed by atoms with van der Waals surface area (Å²) in [6.07, 6.45) is 6.25. The van der Waals surface area contributed by atoms with E-state index in [0.717, 1.165) is 30.4 Å². The molecule has 12 heteroatoms. The van der Waals surface area contributed by atoms with Gasteiger partial charge in [0, 0.05) is 12.8 Å². The average molecular weight is 641 g/mol. The summed E-state index contributed by atoms with van der Waals surface area (Å²) in [7, 11) is 0. The smallest absolute Gasteiger partial charge is 0.327 e. The quantitative estimate of drug-likeness (QED) is 0.287. The average Bonchev–Trinajstić information content (AvgIpc) is 3.44. The van der Waals surface area contributed by atoms with E-state index in [1.165, 1.54) is 0 Å². The van der Waals surface area contributed by atoms with Crippen molar-refractivity contribution in [2.75, 3.05) is 13.4 Å². The Labute approximate surface area is 268 Å². The number of fused-ring (bicyclic) bond motifs is 5. The number of aliphatic hydroxyl groups excluding tert-OH is 1. The number of esters is 2. The summed E-state index contributed by atoms with van der Waals surface area (Å²) in [5.41, 5.74) is -0.0506. The molecule has 10 atom stereocenters. The van der Waals surface area contributed by atoms with Crippen LogP contribution in [0, 0.1) is 11.3 Å². The monoisotopic (exact) mass is 640 g/mol. The fourth-order valence-corrected chi connectivity index (χ4v) is 7.88. The number of hydrogen-bond donors (Lipinski definition) is 2. The van der Waals surface area contributed by atoms with Crippen LogP contribution in [-0.2, 0) is 49.5 Å². The van der Waals surface area contributed by atoms with E-state index < -0.39 is 65.4 Å². The zero-order valence-electron chi connectivity index (χ0n) is 26.6. The van der Waals surface area contributed by atoms with E-state index in [0.29, 0.717) is 18.1 Å². The Hall–Kier alpha value is -2.87. The number of nitrogens with one attached hydrogen (secondary N) is 1. The maximum Gasteiger partial charge on any atom is 0.327 e. The fourth-order valence-electron chi connectivity index (χ4n) is 7.88. The van der Waals surface area contributed by atoms with Crippen LogP contribution in [0.1, 0.15) is 70.4 Å². The molecular weight excluding hydrogens is 596 g/mol. The lowest BCUT2D eigenvalue weighted by molar-refractivity contribution is -0.201. The van der Waals surface area contributed by atoms with E-state index in [4.69, 9.17) is 28.5 Å². The van der Waals surface area contributed by atoms with Crippen molar-refractivity contribution in [3.8, 4) is 0 Å². The summed E-state index contributed by atoms with van der Waals surface area (Å²) in [4.78, 5) is 46.8. The maximum atomic E-state index is 14.3.